The van der Waals surface area contributed by atoms with Gasteiger partial charge in [0, 0.05) is 0 Å². The van der Waals surface area contributed by atoms with Crippen molar-refractivity contribution in [3.63, 3.8) is 0 Å². The Bertz CT molecular complexity index is 522. The minimum atomic E-state index is -3.43. The van der Waals surface area contributed by atoms with Crippen molar-refractivity contribution in [3.05, 3.63) is 28.2 Å². The van der Waals surface area contributed by atoms with Crippen LogP contribution in [0.5, 0.6) is 0 Å². The molecule has 0 unspecified atom stereocenters. The van der Waals surface area contributed by atoms with Gasteiger partial charge in [0.1, 0.15) is 0 Å². The Hall–Kier alpha value is -0.490. The number of sulfonamides is 1. The number of halogens is 2. The van der Waals surface area contributed by atoms with E-state index in [9.17, 15) is 8.42 Å². The number of anilines is 1. The molecule has 1 aliphatic heterocycles. The maximum atomic E-state index is 12.1. The van der Waals surface area contributed by atoms with Gasteiger partial charge < -0.3 is 5.32 Å². The standard InChI is InChI=1S/C12H16Cl2N2O2S/c13-10-2-1-3-11(14)12(10)16-19(17,18)8-9-4-6-15-7-5-9/h1-3,9,15-16H,4-8H2. The van der Waals surface area contributed by atoms with Gasteiger partial charge in [0.25, 0.3) is 0 Å². The van der Waals surface area contributed by atoms with Crippen LogP contribution < -0.4 is 10.0 Å². The second-order valence-electron chi connectivity index (χ2n) is 4.67. The van der Waals surface area contributed by atoms with Crippen molar-refractivity contribution < 1.29 is 8.42 Å². The number of rotatable bonds is 4. The number of nitrogens with one attached hydrogen (secondary N) is 2. The van der Waals surface area contributed by atoms with Crippen LogP contribution in [0.4, 0.5) is 5.69 Å². The molecule has 19 heavy (non-hydrogen) atoms. The SMILES string of the molecule is O=S(=O)(CC1CCNCC1)Nc1c(Cl)cccc1Cl. The van der Waals surface area contributed by atoms with Gasteiger partial charge in [0.2, 0.25) is 10.0 Å². The summed E-state index contributed by atoms with van der Waals surface area (Å²) in [4.78, 5) is 0. The molecule has 0 aliphatic carbocycles. The molecule has 0 amide bonds. The van der Waals surface area contributed by atoms with Gasteiger partial charge in [-0.3, -0.25) is 4.72 Å². The van der Waals surface area contributed by atoms with E-state index < -0.39 is 10.0 Å². The van der Waals surface area contributed by atoms with Gasteiger partial charge in [-0.15, -0.1) is 0 Å². The molecular formula is C12H16Cl2N2O2S. The Morgan fingerprint density at radius 2 is 1.79 bits per heavy atom. The molecule has 2 rings (SSSR count). The Morgan fingerprint density at radius 3 is 2.37 bits per heavy atom. The molecule has 0 spiro atoms. The summed E-state index contributed by atoms with van der Waals surface area (Å²) in [5, 5.41) is 3.82. The minimum Gasteiger partial charge on any atom is -0.317 e. The van der Waals surface area contributed by atoms with Gasteiger partial charge >= 0.3 is 0 Å². The molecule has 1 aliphatic rings. The predicted octanol–water partition coefficient (Wildman–Crippen LogP) is 2.73. The van der Waals surface area contributed by atoms with E-state index in [4.69, 9.17) is 23.2 Å². The maximum absolute atomic E-state index is 12.1. The summed E-state index contributed by atoms with van der Waals surface area (Å²) in [7, 11) is -3.43. The number of benzene rings is 1. The van der Waals surface area contributed by atoms with Crippen LogP contribution in [0.3, 0.4) is 0 Å². The molecule has 1 aromatic rings. The Kier molecular flexibility index (Phi) is 4.95. The average molecular weight is 323 g/mol. The topological polar surface area (TPSA) is 58.2 Å². The first-order valence-corrected chi connectivity index (χ1v) is 8.54. The lowest BCUT2D eigenvalue weighted by atomic mass is 10.0. The fourth-order valence-corrected chi connectivity index (χ4v) is 4.32. The molecular weight excluding hydrogens is 307 g/mol. The fourth-order valence-electron chi connectivity index (χ4n) is 2.15. The van der Waals surface area contributed by atoms with E-state index in [-0.39, 0.29) is 17.4 Å². The average Bonchev–Trinajstić information content (AvgIpc) is 2.35. The Balaban J connectivity index is 2.08. The lowest BCUT2D eigenvalue weighted by molar-refractivity contribution is 0.402. The highest BCUT2D eigenvalue weighted by Crippen LogP contribution is 2.31. The Morgan fingerprint density at radius 1 is 1.21 bits per heavy atom. The normalized spacial score (nSPS) is 17.4. The molecule has 4 nitrogen and oxygen atoms in total. The van der Waals surface area contributed by atoms with Crippen molar-refractivity contribution in [1.82, 2.24) is 5.32 Å². The molecule has 0 radical (unpaired) electrons. The van der Waals surface area contributed by atoms with Gasteiger partial charge in [-0.25, -0.2) is 8.42 Å². The van der Waals surface area contributed by atoms with E-state index in [1.54, 1.807) is 18.2 Å². The van der Waals surface area contributed by atoms with Crippen molar-refractivity contribution in [3.8, 4) is 0 Å². The summed E-state index contributed by atoms with van der Waals surface area (Å²) in [5.74, 6) is 0.288. The Labute approximate surface area is 123 Å². The van der Waals surface area contributed by atoms with Crippen LogP contribution in [0, 0.1) is 5.92 Å². The zero-order chi connectivity index (χ0) is 13.9. The fraction of sp³-hybridized carbons (Fsp3) is 0.500. The quantitative estimate of drug-likeness (QED) is 0.896. The molecule has 0 atom stereocenters. The maximum Gasteiger partial charge on any atom is 0.233 e. The monoisotopic (exact) mass is 322 g/mol. The highest BCUT2D eigenvalue weighted by molar-refractivity contribution is 7.92. The van der Waals surface area contributed by atoms with Crippen LogP contribution in [-0.2, 0) is 10.0 Å². The van der Waals surface area contributed by atoms with Crippen molar-refractivity contribution in [2.75, 3.05) is 23.6 Å². The molecule has 7 heteroatoms. The summed E-state index contributed by atoms with van der Waals surface area (Å²) in [6.07, 6.45) is 1.74. The molecule has 106 valence electrons. The summed E-state index contributed by atoms with van der Waals surface area (Å²) in [6.45, 7) is 1.74. The molecule has 1 saturated heterocycles. The number of hydrogen-bond acceptors (Lipinski definition) is 3. The number of piperidine rings is 1. The second kappa shape index (κ2) is 6.31. The van der Waals surface area contributed by atoms with Crippen molar-refractivity contribution in [1.29, 1.82) is 0 Å². The van der Waals surface area contributed by atoms with E-state index >= 15 is 0 Å². The summed E-state index contributed by atoms with van der Waals surface area (Å²) >= 11 is 11.9. The summed E-state index contributed by atoms with van der Waals surface area (Å²) in [6, 6.07) is 4.89. The zero-order valence-corrected chi connectivity index (χ0v) is 12.7. The first-order valence-electron chi connectivity index (χ1n) is 6.13. The van der Waals surface area contributed by atoms with Crippen LogP contribution in [0.15, 0.2) is 18.2 Å². The predicted molar refractivity (Wildman–Crippen MR) is 79.5 cm³/mol. The smallest absolute Gasteiger partial charge is 0.233 e. The summed E-state index contributed by atoms with van der Waals surface area (Å²) < 4.78 is 26.7. The van der Waals surface area contributed by atoms with Gasteiger partial charge in [-0.05, 0) is 44.0 Å². The van der Waals surface area contributed by atoms with E-state index in [1.807, 2.05) is 0 Å². The van der Waals surface area contributed by atoms with E-state index in [0.717, 1.165) is 25.9 Å². The molecule has 1 heterocycles. The third kappa shape index (κ3) is 4.24. The lowest BCUT2D eigenvalue weighted by Gasteiger charge is -2.22. The van der Waals surface area contributed by atoms with Crippen LogP contribution >= 0.6 is 23.2 Å². The molecule has 1 aromatic carbocycles. The molecule has 0 saturated carbocycles. The van der Waals surface area contributed by atoms with E-state index in [0.29, 0.717) is 10.0 Å². The lowest BCUT2D eigenvalue weighted by Crippen LogP contribution is -2.33. The van der Waals surface area contributed by atoms with Crippen LogP contribution in [-0.4, -0.2) is 27.3 Å². The van der Waals surface area contributed by atoms with E-state index in [1.165, 1.54) is 0 Å². The number of para-hydroxylation sites is 1. The highest BCUT2D eigenvalue weighted by atomic mass is 35.5. The summed E-state index contributed by atoms with van der Waals surface area (Å²) in [5.41, 5.74) is 0.264. The van der Waals surface area contributed by atoms with Gasteiger partial charge in [0.15, 0.2) is 0 Å². The minimum absolute atomic E-state index is 0.107. The third-order valence-electron chi connectivity index (χ3n) is 3.13. The molecule has 1 fully saturated rings. The van der Waals surface area contributed by atoms with Crippen LogP contribution in [0.25, 0.3) is 0 Å². The highest BCUT2D eigenvalue weighted by Gasteiger charge is 2.22. The van der Waals surface area contributed by atoms with Gasteiger partial charge in [-0.1, -0.05) is 29.3 Å². The first kappa shape index (κ1) is 14.9. The van der Waals surface area contributed by atoms with Crippen LogP contribution in [0.2, 0.25) is 10.0 Å². The third-order valence-corrected chi connectivity index (χ3v) is 5.19. The van der Waals surface area contributed by atoms with Crippen molar-refractivity contribution in [2.24, 2.45) is 5.92 Å². The second-order valence-corrected chi connectivity index (χ2v) is 7.25. The van der Waals surface area contributed by atoms with Gasteiger partial charge in [-0.2, -0.15) is 0 Å². The van der Waals surface area contributed by atoms with Crippen LogP contribution in [0.1, 0.15) is 12.8 Å². The van der Waals surface area contributed by atoms with Crippen molar-refractivity contribution >= 4 is 38.9 Å². The zero-order valence-electron chi connectivity index (χ0n) is 10.3. The van der Waals surface area contributed by atoms with Gasteiger partial charge in [0.05, 0.1) is 21.5 Å². The first-order chi connectivity index (χ1) is 8.98. The van der Waals surface area contributed by atoms with E-state index in [2.05, 4.69) is 10.0 Å². The van der Waals surface area contributed by atoms with Crippen molar-refractivity contribution in [2.45, 2.75) is 12.8 Å². The number of hydrogen-bond donors (Lipinski definition) is 2. The molecule has 2 N–H and O–H groups in total. The molecule has 0 aromatic heterocycles. The molecule has 0 bridgehead atoms. The largest absolute Gasteiger partial charge is 0.317 e.